The van der Waals surface area contributed by atoms with Gasteiger partial charge in [0.15, 0.2) is 0 Å². The van der Waals surface area contributed by atoms with Gasteiger partial charge in [-0.05, 0) is 44.8 Å². The van der Waals surface area contributed by atoms with Crippen molar-refractivity contribution in [3.8, 4) is 6.07 Å². The average molecular weight is 244 g/mol. The quantitative estimate of drug-likeness (QED) is 0.739. The minimum Gasteiger partial charge on any atom is -0.399 e. The highest BCUT2D eigenvalue weighted by molar-refractivity contribution is 6.62. The molecule has 0 unspecified atom stereocenters. The molecule has 0 aliphatic carbocycles. The Morgan fingerprint density at radius 2 is 1.89 bits per heavy atom. The van der Waals surface area contributed by atoms with Gasteiger partial charge in [-0.25, -0.2) is 0 Å². The molecule has 1 aliphatic rings. The van der Waals surface area contributed by atoms with Crippen LogP contribution in [0.15, 0.2) is 18.5 Å². The van der Waals surface area contributed by atoms with Crippen molar-refractivity contribution in [2.45, 2.75) is 45.3 Å². The standard InChI is InChI=1S/C13H17BN2O2/c1-12(2)13(3,4)18-14(17-12)11-6-8-16-9-10(11)5-7-15/h6,8-9H,5H2,1-4H3. The normalized spacial score (nSPS) is 20.7. The second-order valence-electron chi connectivity index (χ2n) is 5.50. The van der Waals surface area contributed by atoms with Crippen LogP contribution in [-0.4, -0.2) is 23.3 Å². The van der Waals surface area contributed by atoms with Crippen molar-refractivity contribution >= 4 is 12.6 Å². The van der Waals surface area contributed by atoms with Gasteiger partial charge in [-0.15, -0.1) is 0 Å². The summed E-state index contributed by atoms with van der Waals surface area (Å²) in [4.78, 5) is 4.05. The number of hydrogen-bond donors (Lipinski definition) is 0. The van der Waals surface area contributed by atoms with Crippen molar-refractivity contribution < 1.29 is 9.31 Å². The highest BCUT2D eigenvalue weighted by atomic mass is 16.7. The summed E-state index contributed by atoms with van der Waals surface area (Å²) in [5.74, 6) is 0. The summed E-state index contributed by atoms with van der Waals surface area (Å²) in [5, 5.41) is 8.83. The fraction of sp³-hybridized carbons (Fsp3) is 0.538. The van der Waals surface area contributed by atoms with Crippen LogP contribution in [0.2, 0.25) is 0 Å². The van der Waals surface area contributed by atoms with E-state index < -0.39 is 7.12 Å². The summed E-state index contributed by atoms with van der Waals surface area (Å²) in [6.45, 7) is 8.05. The molecule has 0 radical (unpaired) electrons. The van der Waals surface area contributed by atoms with Crippen LogP contribution < -0.4 is 5.46 Å². The van der Waals surface area contributed by atoms with E-state index >= 15 is 0 Å². The largest absolute Gasteiger partial charge is 0.495 e. The van der Waals surface area contributed by atoms with E-state index in [0.717, 1.165) is 11.0 Å². The highest BCUT2D eigenvalue weighted by Gasteiger charge is 2.52. The van der Waals surface area contributed by atoms with Crippen molar-refractivity contribution in [1.82, 2.24) is 4.98 Å². The fourth-order valence-corrected chi connectivity index (χ4v) is 1.87. The van der Waals surface area contributed by atoms with Crippen molar-refractivity contribution in [3.05, 3.63) is 24.0 Å². The number of nitrogens with zero attached hydrogens (tertiary/aromatic N) is 2. The van der Waals surface area contributed by atoms with Gasteiger partial charge in [-0.1, -0.05) is 0 Å². The first-order valence-electron chi connectivity index (χ1n) is 6.03. The summed E-state index contributed by atoms with van der Waals surface area (Å²) in [7, 11) is -0.429. The summed E-state index contributed by atoms with van der Waals surface area (Å²) in [5.41, 5.74) is 1.01. The van der Waals surface area contributed by atoms with Gasteiger partial charge < -0.3 is 9.31 Å². The Bertz CT molecular complexity index is 478. The van der Waals surface area contributed by atoms with Crippen molar-refractivity contribution in [2.24, 2.45) is 0 Å². The van der Waals surface area contributed by atoms with E-state index in [0.29, 0.717) is 6.42 Å². The number of aromatic nitrogens is 1. The molecule has 18 heavy (non-hydrogen) atoms. The zero-order chi connectivity index (χ0) is 13.4. The zero-order valence-corrected chi connectivity index (χ0v) is 11.2. The molecule has 5 heteroatoms. The summed E-state index contributed by atoms with van der Waals surface area (Å²) in [6.07, 6.45) is 3.71. The average Bonchev–Trinajstić information content (AvgIpc) is 2.49. The van der Waals surface area contributed by atoms with Gasteiger partial charge in [0.25, 0.3) is 0 Å². The maximum atomic E-state index is 8.83. The lowest BCUT2D eigenvalue weighted by atomic mass is 9.76. The van der Waals surface area contributed by atoms with Gasteiger partial charge >= 0.3 is 7.12 Å². The molecule has 0 amide bonds. The van der Waals surface area contributed by atoms with E-state index in [1.165, 1.54) is 0 Å². The van der Waals surface area contributed by atoms with Crippen molar-refractivity contribution in [2.75, 3.05) is 0 Å². The number of rotatable bonds is 2. The molecule has 1 aromatic rings. The van der Waals surface area contributed by atoms with Gasteiger partial charge in [0, 0.05) is 12.4 Å². The molecule has 1 fully saturated rings. The van der Waals surface area contributed by atoms with Crippen LogP contribution in [0.3, 0.4) is 0 Å². The smallest absolute Gasteiger partial charge is 0.399 e. The predicted molar refractivity (Wildman–Crippen MR) is 69.3 cm³/mol. The maximum absolute atomic E-state index is 8.83. The van der Waals surface area contributed by atoms with Gasteiger partial charge in [-0.2, -0.15) is 5.26 Å². The summed E-state index contributed by atoms with van der Waals surface area (Å²) in [6, 6.07) is 3.99. The molecule has 0 atom stereocenters. The monoisotopic (exact) mass is 244 g/mol. The Hall–Kier alpha value is -1.38. The number of nitriles is 1. The Morgan fingerprint density at radius 1 is 1.28 bits per heavy atom. The lowest BCUT2D eigenvalue weighted by Crippen LogP contribution is -2.41. The van der Waals surface area contributed by atoms with Gasteiger partial charge in [0.1, 0.15) is 0 Å². The number of pyridine rings is 1. The third-order valence-electron chi connectivity index (χ3n) is 3.72. The molecule has 2 rings (SSSR count). The molecule has 0 bridgehead atoms. The first-order chi connectivity index (χ1) is 8.37. The second kappa shape index (κ2) is 4.38. The molecule has 1 aromatic heterocycles. The van der Waals surface area contributed by atoms with Crippen LogP contribution in [0.1, 0.15) is 33.3 Å². The third kappa shape index (κ3) is 2.14. The minimum absolute atomic E-state index is 0.313. The van der Waals surface area contributed by atoms with E-state index in [1.807, 2.05) is 33.8 Å². The SMILES string of the molecule is CC1(C)OB(c2ccncc2CC#N)OC1(C)C. The molecule has 1 saturated heterocycles. The molecule has 0 spiro atoms. The Labute approximate surface area is 108 Å². The zero-order valence-electron chi connectivity index (χ0n) is 11.2. The van der Waals surface area contributed by atoms with Crippen LogP contribution in [0.5, 0.6) is 0 Å². The first kappa shape index (κ1) is 13.1. The van der Waals surface area contributed by atoms with Crippen LogP contribution in [0.25, 0.3) is 0 Å². The van der Waals surface area contributed by atoms with E-state index in [2.05, 4.69) is 11.1 Å². The highest BCUT2D eigenvalue weighted by Crippen LogP contribution is 2.36. The molecule has 4 nitrogen and oxygen atoms in total. The molecule has 1 aliphatic heterocycles. The van der Waals surface area contributed by atoms with Crippen LogP contribution in [-0.2, 0) is 15.7 Å². The van der Waals surface area contributed by atoms with E-state index in [4.69, 9.17) is 14.6 Å². The summed E-state index contributed by atoms with van der Waals surface area (Å²) >= 11 is 0. The first-order valence-corrected chi connectivity index (χ1v) is 6.03. The summed E-state index contributed by atoms with van der Waals surface area (Å²) < 4.78 is 12.0. The molecule has 0 aromatic carbocycles. The maximum Gasteiger partial charge on any atom is 0.495 e. The van der Waals surface area contributed by atoms with Gasteiger partial charge in [0.05, 0.1) is 23.7 Å². The molecule has 2 heterocycles. The van der Waals surface area contributed by atoms with Gasteiger partial charge in [0.2, 0.25) is 0 Å². The van der Waals surface area contributed by atoms with Crippen LogP contribution >= 0.6 is 0 Å². The van der Waals surface area contributed by atoms with E-state index in [1.54, 1.807) is 12.4 Å². The molecule has 0 saturated carbocycles. The van der Waals surface area contributed by atoms with Crippen LogP contribution in [0.4, 0.5) is 0 Å². The fourth-order valence-electron chi connectivity index (χ4n) is 1.87. The minimum atomic E-state index is -0.429. The lowest BCUT2D eigenvalue weighted by Gasteiger charge is -2.32. The Kier molecular flexibility index (Phi) is 3.18. The van der Waals surface area contributed by atoms with Crippen molar-refractivity contribution in [3.63, 3.8) is 0 Å². The predicted octanol–water partition coefficient (Wildman–Crippen LogP) is 1.45. The molecular weight excluding hydrogens is 227 g/mol. The molecular formula is C13H17BN2O2. The lowest BCUT2D eigenvalue weighted by molar-refractivity contribution is 0.00578. The van der Waals surface area contributed by atoms with E-state index in [9.17, 15) is 0 Å². The van der Waals surface area contributed by atoms with Gasteiger partial charge in [-0.3, -0.25) is 4.98 Å². The van der Waals surface area contributed by atoms with E-state index in [-0.39, 0.29) is 11.2 Å². The van der Waals surface area contributed by atoms with Crippen molar-refractivity contribution in [1.29, 1.82) is 5.26 Å². The van der Waals surface area contributed by atoms with Crippen LogP contribution in [0, 0.1) is 11.3 Å². The second-order valence-corrected chi connectivity index (χ2v) is 5.50. The Morgan fingerprint density at radius 3 is 2.44 bits per heavy atom. The Balaban J connectivity index is 2.33. The topological polar surface area (TPSA) is 55.1 Å². The molecule has 94 valence electrons. The molecule has 0 N–H and O–H groups in total. The number of hydrogen-bond acceptors (Lipinski definition) is 4. The third-order valence-corrected chi connectivity index (χ3v) is 3.72.